The first-order valence-corrected chi connectivity index (χ1v) is 7.91. The summed E-state index contributed by atoms with van der Waals surface area (Å²) in [5, 5.41) is 0. The molecule has 4 heteroatoms. The Balaban J connectivity index is 3.20. The second kappa shape index (κ2) is 5.88. The van der Waals surface area contributed by atoms with Crippen LogP contribution in [0.4, 0.5) is 0 Å². The van der Waals surface area contributed by atoms with Crippen molar-refractivity contribution in [1.82, 2.24) is 4.72 Å². The summed E-state index contributed by atoms with van der Waals surface area (Å²) in [6, 6.07) is 7.03. The van der Waals surface area contributed by atoms with Gasteiger partial charge in [-0.25, -0.2) is 13.1 Å². The maximum atomic E-state index is 12.4. The van der Waals surface area contributed by atoms with Gasteiger partial charge in [0.2, 0.25) is 10.0 Å². The summed E-state index contributed by atoms with van der Waals surface area (Å²) < 4.78 is 27.4. The quantitative estimate of drug-likeness (QED) is 0.919. The molecule has 1 rings (SSSR count). The van der Waals surface area contributed by atoms with Crippen LogP contribution in [0.2, 0.25) is 0 Å². The van der Waals surface area contributed by atoms with Crippen LogP contribution in [0.15, 0.2) is 35.2 Å². The van der Waals surface area contributed by atoms with Gasteiger partial charge in [0.05, 0.1) is 4.90 Å². The van der Waals surface area contributed by atoms with Gasteiger partial charge in [0.25, 0.3) is 0 Å². The predicted molar refractivity (Wildman–Crippen MR) is 80.4 cm³/mol. The molecule has 0 saturated carbocycles. The first-order valence-electron chi connectivity index (χ1n) is 6.43. The van der Waals surface area contributed by atoms with Gasteiger partial charge in [-0.15, -0.1) is 0 Å². The smallest absolute Gasteiger partial charge is 0.207 e. The van der Waals surface area contributed by atoms with E-state index in [-0.39, 0.29) is 0 Å². The fourth-order valence-electron chi connectivity index (χ4n) is 1.62. The lowest BCUT2D eigenvalue weighted by Crippen LogP contribution is -2.40. The lowest BCUT2D eigenvalue weighted by Gasteiger charge is -2.21. The summed E-state index contributed by atoms with van der Waals surface area (Å²) in [6.45, 7) is 9.60. The molecule has 0 aliphatic rings. The SMILES string of the molecule is CC(C)C=Cc1ccccc1S(=O)(=O)NC(C)(C)C. The van der Waals surface area contributed by atoms with Crippen molar-refractivity contribution in [2.24, 2.45) is 5.92 Å². The molecule has 3 nitrogen and oxygen atoms in total. The van der Waals surface area contributed by atoms with Gasteiger partial charge < -0.3 is 0 Å². The van der Waals surface area contributed by atoms with Crippen LogP contribution in [0.1, 0.15) is 40.2 Å². The predicted octanol–water partition coefficient (Wildman–Crippen LogP) is 3.43. The van der Waals surface area contributed by atoms with Gasteiger partial charge in [-0.3, -0.25) is 0 Å². The highest BCUT2D eigenvalue weighted by Crippen LogP contribution is 2.19. The first-order chi connectivity index (χ1) is 8.62. The molecular weight excluding hydrogens is 258 g/mol. The molecule has 1 aromatic rings. The third-order valence-corrected chi connectivity index (χ3v) is 4.14. The van der Waals surface area contributed by atoms with Crippen LogP contribution < -0.4 is 4.72 Å². The van der Waals surface area contributed by atoms with Crippen molar-refractivity contribution in [2.75, 3.05) is 0 Å². The van der Waals surface area contributed by atoms with Crippen molar-refractivity contribution < 1.29 is 8.42 Å². The lowest BCUT2D eigenvalue weighted by molar-refractivity contribution is 0.491. The van der Waals surface area contributed by atoms with E-state index in [1.807, 2.05) is 45.1 Å². The maximum absolute atomic E-state index is 12.4. The summed E-state index contributed by atoms with van der Waals surface area (Å²) in [5.74, 6) is 0.381. The molecule has 0 heterocycles. The zero-order valence-electron chi connectivity index (χ0n) is 12.3. The molecule has 1 aromatic carbocycles. The first kappa shape index (κ1) is 15.9. The minimum atomic E-state index is -3.50. The topological polar surface area (TPSA) is 46.2 Å². The molecular formula is C15H23NO2S. The Labute approximate surface area is 116 Å². The minimum Gasteiger partial charge on any atom is -0.207 e. The number of sulfonamides is 1. The maximum Gasteiger partial charge on any atom is 0.241 e. The second-order valence-corrected chi connectivity index (χ2v) is 7.65. The van der Waals surface area contributed by atoms with Crippen molar-refractivity contribution in [1.29, 1.82) is 0 Å². The van der Waals surface area contributed by atoms with E-state index >= 15 is 0 Å². The lowest BCUT2D eigenvalue weighted by atomic mass is 10.1. The Hall–Kier alpha value is -1.13. The summed E-state index contributed by atoms with van der Waals surface area (Å²) >= 11 is 0. The molecule has 0 aliphatic heterocycles. The number of hydrogen-bond acceptors (Lipinski definition) is 2. The normalized spacial score (nSPS) is 13.4. The fraction of sp³-hybridized carbons (Fsp3) is 0.467. The largest absolute Gasteiger partial charge is 0.241 e. The fourth-order valence-corrected chi connectivity index (χ4v) is 3.24. The summed E-state index contributed by atoms with van der Waals surface area (Å²) in [7, 11) is -3.50. The molecule has 106 valence electrons. The monoisotopic (exact) mass is 281 g/mol. The number of rotatable bonds is 4. The Morgan fingerprint density at radius 3 is 2.26 bits per heavy atom. The van der Waals surface area contributed by atoms with Crippen molar-refractivity contribution in [3.63, 3.8) is 0 Å². The van der Waals surface area contributed by atoms with E-state index in [0.29, 0.717) is 16.4 Å². The van der Waals surface area contributed by atoms with Gasteiger partial charge in [-0.2, -0.15) is 0 Å². The Kier molecular flexibility index (Phi) is 4.93. The second-order valence-electron chi connectivity index (χ2n) is 6.00. The molecule has 0 aromatic heterocycles. The Morgan fingerprint density at radius 1 is 1.16 bits per heavy atom. The molecule has 0 saturated heterocycles. The Bertz CT molecular complexity index is 552. The number of nitrogens with one attached hydrogen (secondary N) is 1. The minimum absolute atomic E-state index is 0.321. The average molecular weight is 281 g/mol. The molecule has 0 bridgehead atoms. The summed E-state index contributed by atoms with van der Waals surface area (Å²) in [6.07, 6.45) is 3.85. The summed E-state index contributed by atoms with van der Waals surface area (Å²) in [5.41, 5.74) is 0.223. The van der Waals surface area contributed by atoms with E-state index in [1.54, 1.807) is 12.1 Å². The highest BCUT2D eigenvalue weighted by atomic mass is 32.2. The van der Waals surface area contributed by atoms with Crippen LogP contribution in [-0.4, -0.2) is 14.0 Å². The highest BCUT2D eigenvalue weighted by molar-refractivity contribution is 7.89. The molecule has 0 atom stereocenters. The van der Waals surface area contributed by atoms with Gasteiger partial charge in [-0.1, -0.05) is 44.2 Å². The van der Waals surface area contributed by atoms with Crippen molar-refractivity contribution in [2.45, 2.75) is 45.1 Å². The molecule has 1 N–H and O–H groups in total. The van der Waals surface area contributed by atoms with E-state index in [9.17, 15) is 8.42 Å². The summed E-state index contributed by atoms with van der Waals surface area (Å²) in [4.78, 5) is 0.321. The third kappa shape index (κ3) is 5.17. The number of allylic oxidation sites excluding steroid dienone is 1. The van der Waals surface area contributed by atoms with Gasteiger partial charge >= 0.3 is 0 Å². The van der Waals surface area contributed by atoms with Gasteiger partial charge in [0, 0.05) is 5.54 Å². The van der Waals surface area contributed by atoms with Crippen LogP contribution in [0.25, 0.3) is 6.08 Å². The number of benzene rings is 1. The van der Waals surface area contributed by atoms with Crippen LogP contribution in [0.3, 0.4) is 0 Å². The van der Waals surface area contributed by atoms with E-state index < -0.39 is 15.6 Å². The van der Waals surface area contributed by atoms with Crippen LogP contribution in [0, 0.1) is 5.92 Å². The molecule has 0 fully saturated rings. The van der Waals surface area contributed by atoms with Crippen molar-refractivity contribution in [3.05, 3.63) is 35.9 Å². The molecule has 0 spiro atoms. The van der Waals surface area contributed by atoms with E-state index in [4.69, 9.17) is 0 Å². The zero-order chi connectivity index (χ0) is 14.7. The third-order valence-electron chi connectivity index (χ3n) is 2.31. The Morgan fingerprint density at radius 2 is 1.74 bits per heavy atom. The van der Waals surface area contributed by atoms with Crippen LogP contribution in [-0.2, 0) is 10.0 Å². The van der Waals surface area contributed by atoms with E-state index in [0.717, 1.165) is 0 Å². The highest BCUT2D eigenvalue weighted by Gasteiger charge is 2.23. The molecule has 0 aliphatic carbocycles. The standard InChI is InChI=1S/C15H23NO2S/c1-12(2)10-11-13-8-6-7-9-14(13)19(17,18)16-15(3,4)5/h6-12,16H,1-5H3. The van der Waals surface area contributed by atoms with Gasteiger partial charge in [0.1, 0.15) is 0 Å². The van der Waals surface area contributed by atoms with Gasteiger partial charge in [0.15, 0.2) is 0 Å². The van der Waals surface area contributed by atoms with E-state index in [2.05, 4.69) is 18.6 Å². The molecule has 0 amide bonds. The van der Waals surface area contributed by atoms with E-state index in [1.165, 1.54) is 0 Å². The van der Waals surface area contributed by atoms with Gasteiger partial charge in [-0.05, 0) is 38.3 Å². The molecule has 0 unspecified atom stereocenters. The zero-order valence-corrected chi connectivity index (χ0v) is 13.1. The van der Waals surface area contributed by atoms with Crippen molar-refractivity contribution in [3.8, 4) is 0 Å². The van der Waals surface area contributed by atoms with Crippen molar-refractivity contribution >= 4 is 16.1 Å². The van der Waals surface area contributed by atoms with Crippen LogP contribution >= 0.6 is 0 Å². The average Bonchev–Trinajstić information content (AvgIpc) is 2.23. The number of hydrogen-bond donors (Lipinski definition) is 1. The van der Waals surface area contributed by atoms with Crippen LogP contribution in [0.5, 0.6) is 0 Å². The molecule has 0 radical (unpaired) electrons. The molecule has 19 heavy (non-hydrogen) atoms.